The highest BCUT2D eigenvalue weighted by Gasteiger charge is 2.34. The fourth-order valence-electron chi connectivity index (χ4n) is 2.33. The summed E-state index contributed by atoms with van der Waals surface area (Å²) in [4.78, 5) is 11.0. The molecule has 1 aliphatic carbocycles. The number of alkyl halides is 3. The van der Waals surface area contributed by atoms with Crippen LogP contribution in [-0.2, 0) is 12.7 Å². The Morgan fingerprint density at radius 2 is 2.09 bits per heavy atom. The smallest absolute Gasteiger partial charge is 0.417 e. The fraction of sp³-hybridized carbons (Fsp3) is 0.333. The third-order valence-corrected chi connectivity index (χ3v) is 3.66. The van der Waals surface area contributed by atoms with E-state index in [1.54, 1.807) is 4.68 Å². The molecule has 3 rings (SSSR count). The number of carboxylic acid groups (broad SMARTS) is 1. The molecular formula is C15H13F3N2O2. The SMILES string of the molecule is O=C(O)c1ccc(C(F)(F)F)c(-c2cnn(CC3CC3)c2)c1. The summed E-state index contributed by atoms with van der Waals surface area (Å²) in [6.07, 6.45) is 0.549. The van der Waals surface area contributed by atoms with Gasteiger partial charge in [-0.3, -0.25) is 4.68 Å². The van der Waals surface area contributed by atoms with Crippen LogP contribution in [0.1, 0.15) is 28.8 Å². The first-order valence-electron chi connectivity index (χ1n) is 6.82. The van der Waals surface area contributed by atoms with Gasteiger partial charge in [-0.05, 0) is 42.5 Å². The van der Waals surface area contributed by atoms with E-state index in [9.17, 15) is 18.0 Å². The van der Waals surface area contributed by atoms with Crippen molar-refractivity contribution in [3.05, 3.63) is 41.7 Å². The molecule has 0 radical (unpaired) electrons. The van der Waals surface area contributed by atoms with Crippen LogP contribution in [0.4, 0.5) is 13.2 Å². The minimum Gasteiger partial charge on any atom is -0.478 e. The van der Waals surface area contributed by atoms with Crippen molar-refractivity contribution in [1.29, 1.82) is 0 Å². The zero-order valence-corrected chi connectivity index (χ0v) is 11.5. The van der Waals surface area contributed by atoms with E-state index in [4.69, 9.17) is 5.11 Å². The summed E-state index contributed by atoms with van der Waals surface area (Å²) in [6.45, 7) is 0.681. The van der Waals surface area contributed by atoms with Crippen molar-refractivity contribution < 1.29 is 23.1 Å². The van der Waals surface area contributed by atoms with Gasteiger partial charge in [-0.15, -0.1) is 0 Å². The molecule has 0 aliphatic heterocycles. The van der Waals surface area contributed by atoms with Crippen molar-refractivity contribution in [2.45, 2.75) is 25.6 Å². The lowest BCUT2D eigenvalue weighted by molar-refractivity contribution is -0.137. The van der Waals surface area contributed by atoms with E-state index in [0.29, 0.717) is 12.5 Å². The number of aromatic carboxylic acids is 1. The highest BCUT2D eigenvalue weighted by Crippen LogP contribution is 2.38. The summed E-state index contributed by atoms with van der Waals surface area (Å²) in [5.74, 6) is -0.722. The van der Waals surface area contributed by atoms with Gasteiger partial charge >= 0.3 is 12.1 Å². The van der Waals surface area contributed by atoms with Gasteiger partial charge in [0.2, 0.25) is 0 Å². The molecule has 1 aromatic carbocycles. The zero-order valence-electron chi connectivity index (χ0n) is 11.5. The first-order valence-corrected chi connectivity index (χ1v) is 6.82. The number of carbonyl (C=O) groups is 1. The number of rotatable bonds is 4. The van der Waals surface area contributed by atoms with Gasteiger partial charge in [-0.25, -0.2) is 4.79 Å². The Bertz CT molecular complexity index is 718. The normalized spacial score (nSPS) is 15.0. The van der Waals surface area contributed by atoms with Crippen LogP contribution in [0.25, 0.3) is 11.1 Å². The molecule has 0 spiro atoms. The molecule has 22 heavy (non-hydrogen) atoms. The Kier molecular flexibility index (Phi) is 3.42. The Labute approximate surface area is 124 Å². The number of hydrogen-bond donors (Lipinski definition) is 1. The lowest BCUT2D eigenvalue weighted by Crippen LogP contribution is -2.08. The number of benzene rings is 1. The maximum absolute atomic E-state index is 13.1. The molecule has 0 bridgehead atoms. The largest absolute Gasteiger partial charge is 0.478 e. The van der Waals surface area contributed by atoms with E-state index in [1.807, 2.05) is 0 Å². The maximum Gasteiger partial charge on any atom is 0.417 e. The second kappa shape index (κ2) is 5.15. The molecule has 4 nitrogen and oxygen atoms in total. The molecule has 1 aliphatic rings. The molecule has 1 N–H and O–H groups in total. The van der Waals surface area contributed by atoms with Crippen LogP contribution in [0, 0.1) is 5.92 Å². The average molecular weight is 310 g/mol. The van der Waals surface area contributed by atoms with Gasteiger partial charge in [0.1, 0.15) is 0 Å². The minimum atomic E-state index is -4.55. The van der Waals surface area contributed by atoms with E-state index in [0.717, 1.165) is 31.0 Å². The van der Waals surface area contributed by atoms with Gasteiger partial charge < -0.3 is 5.11 Å². The zero-order chi connectivity index (χ0) is 15.9. The van der Waals surface area contributed by atoms with E-state index in [1.165, 1.54) is 12.4 Å². The molecule has 0 amide bonds. The van der Waals surface area contributed by atoms with Crippen LogP contribution in [0.3, 0.4) is 0 Å². The van der Waals surface area contributed by atoms with Crippen LogP contribution in [-0.4, -0.2) is 20.9 Å². The monoisotopic (exact) mass is 310 g/mol. The van der Waals surface area contributed by atoms with Gasteiger partial charge in [0.15, 0.2) is 0 Å². The summed E-state index contributed by atoms with van der Waals surface area (Å²) in [5.41, 5.74) is -0.924. The van der Waals surface area contributed by atoms with E-state index < -0.39 is 17.7 Å². The van der Waals surface area contributed by atoms with Crippen LogP contribution in [0.2, 0.25) is 0 Å². The van der Waals surface area contributed by atoms with Crippen LogP contribution < -0.4 is 0 Å². The predicted molar refractivity (Wildman–Crippen MR) is 72.3 cm³/mol. The lowest BCUT2D eigenvalue weighted by Gasteiger charge is -2.12. The molecule has 1 heterocycles. The fourth-order valence-corrected chi connectivity index (χ4v) is 2.33. The minimum absolute atomic E-state index is 0.158. The Balaban J connectivity index is 2.03. The quantitative estimate of drug-likeness (QED) is 0.937. The molecule has 116 valence electrons. The predicted octanol–water partition coefficient (Wildman–Crippen LogP) is 3.68. The first kappa shape index (κ1) is 14.6. The molecule has 1 saturated carbocycles. The summed E-state index contributed by atoms with van der Waals surface area (Å²) in [5, 5.41) is 13.1. The Hall–Kier alpha value is -2.31. The highest BCUT2D eigenvalue weighted by atomic mass is 19.4. The molecule has 0 unspecified atom stereocenters. The van der Waals surface area contributed by atoms with Gasteiger partial charge in [0.25, 0.3) is 0 Å². The van der Waals surface area contributed by atoms with Crippen molar-refractivity contribution in [2.75, 3.05) is 0 Å². The molecule has 1 aromatic heterocycles. The van der Waals surface area contributed by atoms with E-state index in [-0.39, 0.29) is 16.7 Å². The molecular weight excluding hydrogens is 297 g/mol. The first-order chi connectivity index (χ1) is 10.3. The van der Waals surface area contributed by atoms with Crippen LogP contribution >= 0.6 is 0 Å². The summed E-state index contributed by atoms with van der Waals surface area (Å²) < 4.78 is 41.0. The molecule has 1 fully saturated rings. The molecule has 0 saturated heterocycles. The Morgan fingerprint density at radius 3 is 2.68 bits per heavy atom. The van der Waals surface area contributed by atoms with Gasteiger partial charge in [-0.1, -0.05) is 0 Å². The Morgan fingerprint density at radius 1 is 1.36 bits per heavy atom. The third kappa shape index (κ3) is 2.98. The number of aromatic nitrogens is 2. The van der Waals surface area contributed by atoms with E-state index in [2.05, 4.69) is 5.10 Å². The third-order valence-electron chi connectivity index (χ3n) is 3.66. The standard InChI is InChI=1S/C15H13F3N2O2/c16-15(17,18)13-4-3-10(14(21)22)5-12(13)11-6-19-20(8-11)7-9-1-2-9/h3-6,8-9H,1-2,7H2,(H,21,22). The molecule has 2 aromatic rings. The van der Waals surface area contributed by atoms with Crippen molar-refractivity contribution >= 4 is 5.97 Å². The average Bonchev–Trinajstić information content (AvgIpc) is 3.12. The van der Waals surface area contributed by atoms with Crippen molar-refractivity contribution in [3.63, 3.8) is 0 Å². The second-order valence-electron chi connectivity index (χ2n) is 5.46. The molecule has 0 atom stereocenters. The number of halogens is 3. The van der Waals surface area contributed by atoms with Crippen molar-refractivity contribution in [3.8, 4) is 11.1 Å². The topological polar surface area (TPSA) is 55.1 Å². The van der Waals surface area contributed by atoms with Crippen molar-refractivity contribution in [1.82, 2.24) is 9.78 Å². The van der Waals surface area contributed by atoms with E-state index >= 15 is 0 Å². The maximum atomic E-state index is 13.1. The second-order valence-corrected chi connectivity index (χ2v) is 5.46. The lowest BCUT2D eigenvalue weighted by atomic mass is 9.99. The van der Waals surface area contributed by atoms with Crippen LogP contribution in [0.5, 0.6) is 0 Å². The van der Waals surface area contributed by atoms with Gasteiger partial charge in [0.05, 0.1) is 17.3 Å². The van der Waals surface area contributed by atoms with Gasteiger partial charge in [-0.2, -0.15) is 18.3 Å². The summed E-state index contributed by atoms with van der Waals surface area (Å²) in [7, 11) is 0. The van der Waals surface area contributed by atoms with Crippen molar-refractivity contribution in [2.24, 2.45) is 5.92 Å². The summed E-state index contributed by atoms with van der Waals surface area (Å²) >= 11 is 0. The highest BCUT2D eigenvalue weighted by molar-refractivity contribution is 5.90. The van der Waals surface area contributed by atoms with Gasteiger partial charge in [0, 0.05) is 18.3 Å². The molecule has 7 heteroatoms. The number of carboxylic acids is 1. The summed E-state index contributed by atoms with van der Waals surface area (Å²) in [6, 6.07) is 2.81. The van der Waals surface area contributed by atoms with Crippen LogP contribution in [0.15, 0.2) is 30.6 Å². The number of hydrogen-bond acceptors (Lipinski definition) is 2. The number of nitrogens with zero attached hydrogens (tertiary/aromatic N) is 2.